The molecule has 0 saturated carbocycles. The first kappa shape index (κ1) is 17.5. The molecule has 1 aliphatic rings. The summed E-state index contributed by atoms with van der Waals surface area (Å²) in [4.78, 5) is 10.9. The van der Waals surface area contributed by atoms with E-state index in [0.717, 1.165) is 36.5 Å². The highest BCUT2D eigenvalue weighted by molar-refractivity contribution is 5.85. The van der Waals surface area contributed by atoms with Crippen LogP contribution in [0.4, 0.5) is 6.01 Å². The van der Waals surface area contributed by atoms with Gasteiger partial charge in [0.25, 0.3) is 6.01 Å². The molecule has 1 unspecified atom stereocenters. The molecule has 1 aromatic carbocycles. The third-order valence-corrected chi connectivity index (χ3v) is 4.20. The lowest BCUT2D eigenvalue weighted by Gasteiger charge is -2.34. The summed E-state index contributed by atoms with van der Waals surface area (Å²) in [5.41, 5.74) is 2.90. The lowest BCUT2D eigenvalue weighted by Crippen LogP contribution is -2.54. The van der Waals surface area contributed by atoms with Crippen molar-refractivity contribution in [1.82, 2.24) is 15.3 Å². The number of halogens is 1. The first-order valence-electron chi connectivity index (χ1n) is 8.17. The van der Waals surface area contributed by atoms with Crippen molar-refractivity contribution in [2.45, 2.75) is 13.0 Å². The predicted octanol–water partition coefficient (Wildman–Crippen LogP) is 2.81. The second kappa shape index (κ2) is 7.72. The molecule has 0 amide bonds. The molecule has 2 aromatic heterocycles. The molecule has 1 aliphatic heterocycles. The van der Waals surface area contributed by atoms with Gasteiger partial charge >= 0.3 is 0 Å². The summed E-state index contributed by atoms with van der Waals surface area (Å²) in [5.74, 6) is 0.774. The third-order valence-electron chi connectivity index (χ3n) is 4.20. The molecule has 0 spiro atoms. The highest BCUT2D eigenvalue weighted by Gasteiger charge is 2.27. The number of nitrogens with one attached hydrogen (secondary N) is 1. The maximum absolute atomic E-state index is 5.96. The van der Waals surface area contributed by atoms with Crippen LogP contribution in [0, 0.1) is 6.92 Å². The van der Waals surface area contributed by atoms with Crippen LogP contribution in [0.2, 0.25) is 0 Å². The Balaban J connectivity index is 0.00000182. The minimum atomic E-state index is 0. The van der Waals surface area contributed by atoms with Gasteiger partial charge in [0.2, 0.25) is 0 Å². The number of anilines is 1. The number of aromatic nitrogens is 2. The number of rotatable bonds is 4. The van der Waals surface area contributed by atoms with Crippen molar-refractivity contribution in [3.8, 4) is 5.75 Å². The van der Waals surface area contributed by atoms with Gasteiger partial charge in [-0.25, -0.2) is 0 Å². The Kier molecular flexibility index (Phi) is 5.40. The van der Waals surface area contributed by atoms with Gasteiger partial charge in [0.1, 0.15) is 17.9 Å². The Labute approximate surface area is 152 Å². The number of fused-ring (bicyclic) bond motifs is 1. The van der Waals surface area contributed by atoms with Gasteiger partial charge in [-0.2, -0.15) is 4.98 Å². The Morgan fingerprint density at radius 2 is 2.28 bits per heavy atom. The van der Waals surface area contributed by atoms with Crippen LogP contribution < -0.4 is 15.0 Å². The average Bonchev–Trinajstić information content (AvgIpc) is 3.04. The summed E-state index contributed by atoms with van der Waals surface area (Å²) in [7, 11) is 0. The van der Waals surface area contributed by atoms with E-state index in [1.165, 1.54) is 5.56 Å². The van der Waals surface area contributed by atoms with E-state index in [1.807, 2.05) is 30.3 Å². The lowest BCUT2D eigenvalue weighted by atomic mass is 10.2. The molecule has 1 N–H and O–H groups in total. The maximum Gasteiger partial charge on any atom is 0.298 e. The molecule has 6 nitrogen and oxygen atoms in total. The maximum atomic E-state index is 5.96. The van der Waals surface area contributed by atoms with E-state index in [-0.39, 0.29) is 18.4 Å². The van der Waals surface area contributed by atoms with Crippen LogP contribution in [-0.2, 0) is 0 Å². The summed E-state index contributed by atoms with van der Waals surface area (Å²) in [6.45, 7) is 5.19. The molecule has 0 aliphatic carbocycles. The molecule has 3 heterocycles. The third kappa shape index (κ3) is 3.86. The number of ether oxygens (including phenoxy) is 1. The van der Waals surface area contributed by atoms with Crippen LogP contribution in [0.1, 0.15) is 5.56 Å². The fourth-order valence-corrected chi connectivity index (χ4v) is 2.93. The number of aryl methyl sites for hydroxylation is 1. The molecule has 25 heavy (non-hydrogen) atoms. The smallest absolute Gasteiger partial charge is 0.298 e. The number of oxazole rings is 1. The topological polar surface area (TPSA) is 63.4 Å². The Morgan fingerprint density at radius 3 is 3.12 bits per heavy atom. The largest absolute Gasteiger partial charge is 0.490 e. The van der Waals surface area contributed by atoms with Crippen LogP contribution in [0.25, 0.3) is 11.1 Å². The number of nitrogens with zero attached hydrogens (tertiary/aromatic N) is 3. The minimum absolute atomic E-state index is 0. The van der Waals surface area contributed by atoms with Gasteiger partial charge in [-0.15, -0.1) is 12.4 Å². The second-order valence-corrected chi connectivity index (χ2v) is 6.02. The van der Waals surface area contributed by atoms with E-state index >= 15 is 0 Å². The fourth-order valence-electron chi connectivity index (χ4n) is 2.93. The molecule has 3 aromatic rings. The van der Waals surface area contributed by atoms with E-state index in [9.17, 15) is 0 Å². The lowest BCUT2D eigenvalue weighted by molar-refractivity contribution is 0.261. The average molecular weight is 361 g/mol. The summed E-state index contributed by atoms with van der Waals surface area (Å²) in [6, 6.07) is 10.7. The Morgan fingerprint density at radius 1 is 1.36 bits per heavy atom. The number of benzene rings is 1. The molecule has 1 atom stereocenters. The van der Waals surface area contributed by atoms with Gasteiger partial charge in [-0.1, -0.05) is 6.07 Å². The summed E-state index contributed by atoms with van der Waals surface area (Å²) in [6.07, 6.45) is 3.46. The van der Waals surface area contributed by atoms with Crippen molar-refractivity contribution in [3.05, 3.63) is 48.3 Å². The number of pyridine rings is 1. The van der Waals surface area contributed by atoms with Crippen molar-refractivity contribution < 1.29 is 9.15 Å². The Hall–Kier alpha value is -2.31. The zero-order valence-corrected chi connectivity index (χ0v) is 14.8. The van der Waals surface area contributed by atoms with Crippen molar-refractivity contribution in [3.63, 3.8) is 0 Å². The van der Waals surface area contributed by atoms with Gasteiger partial charge in [0.15, 0.2) is 5.58 Å². The van der Waals surface area contributed by atoms with E-state index in [1.54, 1.807) is 12.4 Å². The normalized spacial score (nSPS) is 17.3. The van der Waals surface area contributed by atoms with E-state index in [4.69, 9.17) is 9.15 Å². The standard InChI is InChI=1S/C18H20N4O2.ClH/c1-13-4-5-17-16(9-13)21-18(24-17)22-8-7-20-10-14(22)12-23-15-3-2-6-19-11-15;/h2-6,9,11,14,20H,7-8,10,12H2,1H3;1H. The van der Waals surface area contributed by atoms with E-state index in [0.29, 0.717) is 12.6 Å². The zero-order chi connectivity index (χ0) is 16.4. The molecular formula is C18H21ClN4O2. The summed E-state index contributed by atoms with van der Waals surface area (Å²) < 4.78 is 11.8. The molecular weight excluding hydrogens is 340 g/mol. The Bertz CT molecular complexity index is 824. The highest BCUT2D eigenvalue weighted by atomic mass is 35.5. The van der Waals surface area contributed by atoms with Gasteiger partial charge in [-0.05, 0) is 36.8 Å². The molecule has 0 bridgehead atoms. The number of piperazine rings is 1. The quantitative estimate of drug-likeness (QED) is 0.772. The molecule has 132 valence electrons. The number of hydrogen-bond donors (Lipinski definition) is 1. The van der Waals surface area contributed by atoms with E-state index < -0.39 is 0 Å². The summed E-state index contributed by atoms with van der Waals surface area (Å²) >= 11 is 0. The zero-order valence-electron chi connectivity index (χ0n) is 14.0. The van der Waals surface area contributed by atoms with Crippen LogP contribution in [0.15, 0.2) is 47.1 Å². The van der Waals surface area contributed by atoms with Gasteiger partial charge < -0.3 is 19.4 Å². The highest BCUT2D eigenvalue weighted by Crippen LogP contribution is 2.25. The summed E-state index contributed by atoms with van der Waals surface area (Å²) in [5, 5.41) is 3.41. The SMILES string of the molecule is Cc1ccc2oc(N3CCNCC3COc3cccnc3)nc2c1.Cl. The van der Waals surface area contributed by atoms with Gasteiger partial charge in [-0.3, -0.25) is 4.98 Å². The number of hydrogen-bond acceptors (Lipinski definition) is 6. The molecule has 1 saturated heterocycles. The van der Waals surface area contributed by atoms with Gasteiger partial charge in [0.05, 0.1) is 12.2 Å². The van der Waals surface area contributed by atoms with Crippen molar-refractivity contribution in [1.29, 1.82) is 0 Å². The molecule has 4 rings (SSSR count). The minimum Gasteiger partial charge on any atom is -0.490 e. The van der Waals surface area contributed by atoms with Crippen molar-refractivity contribution in [2.75, 3.05) is 31.1 Å². The first-order chi connectivity index (χ1) is 11.8. The van der Waals surface area contributed by atoms with Gasteiger partial charge in [0, 0.05) is 25.8 Å². The van der Waals surface area contributed by atoms with E-state index in [2.05, 4.69) is 27.1 Å². The van der Waals surface area contributed by atoms with Crippen LogP contribution in [-0.4, -0.2) is 42.3 Å². The predicted molar refractivity (Wildman–Crippen MR) is 99.7 cm³/mol. The molecule has 7 heteroatoms. The van der Waals surface area contributed by atoms with Crippen LogP contribution in [0.3, 0.4) is 0 Å². The first-order valence-corrected chi connectivity index (χ1v) is 8.17. The van der Waals surface area contributed by atoms with Crippen molar-refractivity contribution in [2.24, 2.45) is 0 Å². The monoisotopic (exact) mass is 360 g/mol. The van der Waals surface area contributed by atoms with Crippen LogP contribution in [0.5, 0.6) is 5.75 Å². The van der Waals surface area contributed by atoms with Crippen molar-refractivity contribution >= 4 is 29.5 Å². The second-order valence-electron chi connectivity index (χ2n) is 6.02. The molecule has 1 fully saturated rings. The van der Waals surface area contributed by atoms with Crippen LogP contribution >= 0.6 is 12.4 Å². The fraction of sp³-hybridized carbons (Fsp3) is 0.333. The molecule has 0 radical (unpaired) electrons.